The Morgan fingerprint density at radius 1 is 1.04 bits per heavy atom. The summed E-state index contributed by atoms with van der Waals surface area (Å²) >= 11 is 0. The Kier molecular flexibility index (Phi) is 4.90. The second-order valence-electron chi connectivity index (χ2n) is 6.93. The molecule has 0 bridgehead atoms. The molecule has 0 aliphatic carbocycles. The van der Waals surface area contributed by atoms with Gasteiger partial charge in [0, 0.05) is 56.1 Å². The lowest BCUT2D eigenvalue weighted by Gasteiger charge is -2.25. The highest BCUT2D eigenvalue weighted by Crippen LogP contribution is 2.27. The van der Waals surface area contributed by atoms with E-state index >= 15 is 0 Å². The smallest absolute Gasteiger partial charge is 0.163 e. The maximum absolute atomic E-state index is 5.02. The highest BCUT2D eigenvalue weighted by molar-refractivity contribution is 5.60. The van der Waals surface area contributed by atoms with E-state index in [9.17, 15) is 0 Å². The predicted octanol–water partition coefficient (Wildman–Crippen LogP) is 1.37. The largest absolute Gasteiger partial charge is 0.355 e. The van der Waals surface area contributed by atoms with E-state index in [4.69, 9.17) is 9.97 Å². The minimum Gasteiger partial charge on any atom is -0.355 e. The first-order valence-corrected chi connectivity index (χ1v) is 9.25. The first-order valence-electron chi connectivity index (χ1n) is 9.25. The summed E-state index contributed by atoms with van der Waals surface area (Å²) in [7, 11) is 2.20. The molecule has 4 rings (SSSR count). The van der Waals surface area contributed by atoms with Gasteiger partial charge >= 0.3 is 0 Å². The first-order chi connectivity index (χ1) is 12.3. The maximum Gasteiger partial charge on any atom is 0.163 e. The average Bonchev–Trinajstić information content (AvgIpc) is 3.01. The molecule has 0 amide bonds. The molecule has 0 unspecified atom stereocenters. The molecular weight excluding hydrogens is 312 g/mol. The highest BCUT2D eigenvalue weighted by Gasteiger charge is 2.22. The van der Waals surface area contributed by atoms with Gasteiger partial charge in [-0.15, -0.1) is 0 Å². The van der Waals surface area contributed by atoms with Crippen LogP contribution in [0.4, 0.5) is 5.82 Å². The molecule has 2 aliphatic heterocycles. The lowest BCUT2D eigenvalue weighted by Crippen LogP contribution is -2.31. The molecule has 6 nitrogen and oxygen atoms in total. The lowest BCUT2D eigenvalue weighted by atomic mass is 10.1. The number of hydrogen-bond acceptors (Lipinski definition) is 6. The van der Waals surface area contributed by atoms with Gasteiger partial charge in [-0.05, 0) is 45.1 Å². The van der Waals surface area contributed by atoms with Gasteiger partial charge in [0.25, 0.3) is 0 Å². The van der Waals surface area contributed by atoms with Crippen LogP contribution in [0.15, 0.2) is 24.5 Å². The molecular formula is C19H26N6. The van der Waals surface area contributed by atoms with E-state index in [0.29, 0.717) is 0 Å². The van der Waals surface area contributed by atoms with E-state index < -0.39 is 0 Å². The quantitative estimate of drug-likeness (QED) is 0.893. The highest BCUT2D eigenvalue weighted by atomic mass is 15.2. The number of likely N-dealkylation sites (N-methyl/N-ethyl adjacent to an activating group) is 1. The van der Waals surface area contributed by atoms with Crippen molar-refractivity contribution in [2.24, 2.45) is 0 Å². The van der Waals surface area contributed by atoms with Crippen molar-refractivity contribution >= 4 is 5.82 Å². The number of pyridine rings is 1. The zero-order valence-electron chi connectivity index (χ0n) is 14.9. The molecule has 0 radical (unpaired) electrons. The fraction of sp³-hybridized carbons (Fsp3) is 0.526. The fourth-order valence-corrected chi connectivity index (χ4v) is 3.67. The minimum absolute atomic E-state index is 0.807. The zero-order valence-corrected chi connectivity index (χ0v) is 14.9. The van der Waals surface area contributed by atoms with E-state index in [1.165, 1.54) is 17.7 Å². The van der Waals surface area contributed by atoms with E-state index in [-0.39, 0.29) is 0 Å². The summed E-state index contributed by atoms with van der Waals surface area (Å²) in [6.45, 7) is 6.32. The van der Waals surface area contributed by atoms with Gasteiger partial charge in [0.1, 0.15) is 5.82 Å². The van der Waals surface area contributed by atoms with Crippen molar-refractivity contribution in [3.05, 3.63) is 35.8 Å². The van der Waals surface area contributed by atoms with Crippen molar-refractivity contribution in [3.63, 3.8) is 0 Å². The number of aromatic nitrogens is 3. The molecule has 132 valence electrons. The third-order valence-electron chi connectivity index (χ3n) is 5.10. The molecule has 2 aliphatic rings. The summed E-state index contributed by atoms with van der Waals surface area (Å²) < 4.78 is 0. The monoisotopic (exact) mass is 338 g/mol. The number of nitrogens with zero attached hydrogens (tertiary/aromatic N) is 5. The normalized spacial score (nSPS) is 19.2. The van der Waals surface area contributed by atoms with E-state index in [1.807, 2.05) is 18.3 Å². The number of fused-ring (bicyclic) bond motifs is 1. The Hall–Kier alpha value is -2.05. The third-order valence-corrected chi connectivity index (χ3v) is 5.10. The molecule has 0 atom stereocenters. The van der Waals surface area contributed by atoms with Crippen LogP contribution in [0, 0.1) is 0 Å². The molecule has 4 heterocycles. The molecule has 1 fully saturated rings. The average molecular weight is 338 g/mol. The molecule has 2 aromatic heterocycles. The van der Waals surface area contributed by atoms with Crippen molar-refractivity contribution in [1.82, 2.24) is 25.2 Å². The molecule has 0 spiro atoms. The zero-order chi connectivity index (χ0) is 17.1. The standard InChI is InChI=1S/C19H26N6/c1-24-10-3-11-25(13-12-24)19-16-5-8-20-9-6-17(16)22-18(23-19)15-4-2-7-21-14-15/h2,4,7,14,20H,3,5-6,8-13H2,1H3. The van der Waals surface area contributed by atoms with Gasteiger partial charge in [-0.1, -0.05) is 0 Å². The van der Waals surface area contributed by atoms with Crippen molar-refractivity contribution in [3.8, 4) is 11.4 Å². The van der Waals surface area contributed by atoms with Gasteiger partial charge < -0.3 is 15.1 Å². The first kappa shape index (κ1) is 16.4. The van der Waals surface area contributed by atoms with Crippen LogP contribution in [0.2, 0.25) is 0 Å². The third kappa shape index (κ3) is 3.65. The van der Waals surface area contributed by atoms with Crippen molar-refractivity contribution in [1.29, 1.82) is 0 Å². The summed E-state index contributed by atoms with van der Waals surface area (Å²) in [5, 5.41) is 3.50. The number of rotatable bonds is 2. The Morgan fingerprint density at radius 3 is 2.84 bits per heavy atom. The molecule has 0 aromatic carbocycles. The molecule has 25 heavy (non-hydrogen) atoms. The SMILES string of the molecule is CN1CCCN(c2nc(-c3cccnc3)nc3c2CCNCC3)CC1. The van der Waals surface area contributed by atoms with Crippen LogP contribution >= 0.6 is 0 Å². The van der Waals surface area contributed by atoms with Gasteiger partial charge in [-0.3, -0.25) is 4.98 Å². The van der Waals surface area contributed by atoms with Gasteiger partial charge in [-0.2, -0.15) is 0 Å². The number of anilines is 1. The van der Waals surface area contributed by atoms with E-state index in [1.54, 1.807) is 6.20 Å². The van der Waals surface area contributed by atoms with Crippen LogP contribution in [-0.2, 0) is 12.8 Å². The van der Waals surface area contributed by atoms with Crippen LogP contribution in [0.5, 0.6) is 0 Å². The van der Waals surface area contributed by atoms with Crippen LogP contribution in [-0.4, -0.2) is 66.2 Å². The second kappa shape index (κ2) is 7.45. The van der Waals surface area contributed by atoms with Gasteiger partial charge in [0.2, 0.25) is 0 Å². The second-order valence-corrected chi connectivity index (χ2v) is 6.93. The minimum atomic E-state index is 0.807. The van der Waals surface area contributed by atoms with Crippen molar-refractivity contribution in [2.45, 2.75) is 19.3 Å². The van der Waals surface area contributed by atoms with Gasteiger partial charge in [-0.25, -0.2) is 9.97 Å². The molecule has 1 N–H and O–H groups in total. The Morgan fingerprint density at radius 2 is 1.96 bits per heavy atom. The Labute approximate surface area is 149 Å². The number of nitrogens with one attached hydrogen (secondary N) is 1. The van der Waals surface area contributed by atoms with Crippen molar-refractivity contribution in [2.75, 3.05) is 51.2 Å². The summed E-state index contributed by atoms with van der Waals surface area (Å²) in [5.41, 5.74) is 3.53. The Balaban J connectivity index is 1.77. The molecule has 6 heteroatoms. The summed E-state index contributed by atoms with van der Waals surface area (Å²) in [6.07, 6.45) is 6.80. The fourth-order valence-electron chi connectivity index (χ4n) is 3.67. The van der Waals surface area contributed by atoms with Gasteiger partial charge in [0.05, 0.1) is 5.69 Å². The van der Waals surface area contributed by atoms with E-state index in [2.05, 4.69) is 27.1 Å². The summed E-state index contributed by atoms with van der Waals surface area (Å²) in [4.78, 5) is 19.0. The lowest BCUT2D eigenvalue weighted by molar-refractivity contribution is 0.360. The van der Waals surface area contributed by atoms with Crippen LogP contribution in [0.3, 0.4) is 0 Å². The maximum atomic E-state index is 5.02. The van der Waals surface area contributed by atoms with E-state index in [0.717, 1.165) is 69.3 Å². The van der Waals surface area contributed by atoms with Crippen LogP contribution in [0.25, 0.3) is 11.4 Å². The summed E-state index contributed by atoms with van der Waals surface area (Å²) in [5.74, 6) is 1.95. The van der Waals surface area contributed by atoms with Gasteiger partial charge in [0.15, 0.2) is 5.82 Å². The molecule has 1 saturated heterocycles. The number of hydrogen-bond donors (Lipinski definition) is 1. The van der Waals surface area contributed by atoms with Crippen molar-refractivity contribution < 1.29 is 0 Å². The summed E-state index contributed by atoms with van der Waals surface area (Å²) in [6, 6.07) is 4.00. The predicted molar refractivity (Wildman–Crippen MR) is 99.9 cm³/mol. The topological polar surface area (TPSA) is 57.2 Å². The van der Waals surface area contributed by atoms with Crippen LogP contribution < -0.4 is 10.2 Å². The van der Waals surface area contributed by atoms with Crippen LogP contribution in [0.1, 0.15) is 17.7 Å². The molecule has 0 saturated carbocycles. The Bertz CT molecular complexity index is 717. The molecule has 2 aromatic rings.